The largest absolute Gasteiger partial charge is 0.310 e. The van der Waals surface area contributed by atoms with Crippen LogP contribution in [0, 0.1) is 5.41 Å². The van der Waals surface area contributed by atoms with Crippen molar-refractivity contribution >= 4 is 11.6 Å². The maximum absolute atomic E-state index is 6.13. The molecule has 1 aromatic carbocycles. The Balaban J connectivity index is 2.62. The molecule has 0 unspecified atom stereocenters. The number of benzene rings is 1. The van der Waals surface area contributed by atoms with Crippen molar-refractivity contribution in [3.05, 3.63) is 34.9 Å². The standard InChI is InChI=1S/C13H20ClN/c1-10(15-9-13(2,3)4)11-7-5-6-8-12(11)14/h5-8,10,15H,9H2,1-4H3/t10-/m0/s1. The molecule has 0 aliphatic rings. The first-order chi connectivity index (χ1) is 6.90. The third kappa shape index (κ3) is 4.23. The van der Waals surface area contributed by atoms with E-state index in [-0.39, 0.29) is 0 Å². The summed E-state index contributed by atoms with van der Waals surface area (Å²) >= 11 is 6.13. The average molecular weight is 226 g/mol. The molecule has 0 saturated heterocycles. The van der Waals surface area contributed by atoms with Crippen LogP contribution in [0.1, 0.15) is 39.3 Å². The molecule has 0 fully saturated rings. The Morgan fingerprint density at radius 2 is 1.87 bits per heavy atom. The van der Waals surface area contributed by atoms with Gasteiger partial charge in [-0.15, -0.1) is 0 Å². The van der Waals surface area contributed by atoms with Crippen molar-refractivity contribution in [2.45, 2.75) is 33.7 Å². The molecule has 0 bridgehead atoms. The molecule has 2 heteroatoms. The van der Waals surface area contributed by atoms with Crippen LogP contribution in [0.2, 0.25) is 5.02 Å². The third-order valence-electron chi connectivity index (χ3n) is 2.31. The summed E-state index contributed by atoms with van der Waals surface area (Å²) in [4.78, 5) is 0. The monoisotopic (exact) mass is 225 g/mol. The topological polar surface area (TPSA) is 12.0 Å². The van der Waals surface area contributed by atoms with Crippen molar-refractivity contribution in [2.24, 2.45) is 5.41 Å². The lowest BCUT2D eigenvalue weighted by Gasteiger charge is -2.23. The van der Waals surface area contributed by atoms with Gasteiger partial charge in [-0.1, -0.05) is 50.6 Å². The van der Waals surface area contributed by atoms with Crippen LogP contribution in [0.5, 0.6) is 0 Å². The second kappa shape index (κ2) is 5.00. The van der Waals surface area contributed by atoms with Crippen LogP contribution in [0.4, 0.5) is 0 Å². The molecule has 0 aliphatic heterocycles. The molecular weight excluding hydrogens is 206 g/mol. The lowest BCUT2D eigenvalue weighted by Crippen LogP contribution is -2.29. The van der Waals surface area contributed by atoms with E-state index in [1.807, 2.05) is 18.2 Å². The molecule has 84 valence electrons. The van der Waals surface area contributed by atoms with Gasteiger partial charge in [0.2, 0.25) is 0 Å². The number of halogens is 1. The molecule has 15 heavy (non-hydrogen) atoms. The molecule has 1 aromatic rings. The predicted octanol–water partition coefficient (Wildman–Crippen LogP) is 4.04. The molecule has 1 N–H and O–H groups in total. The maximum Gasteiger partial charge on any atom is 0.0453 e. The van der Waals surface area contributed by atoms with Gasteiger partial charge in [0.15, 0.2) is 0 Å². The Kier molecular flexibility index (Phi) is 4.18. The maximum atomic E-state index is 6.13. The number of hydrogen-bond acceptors (Lipinski definition) is 1. The summed E-state index contributed by atoms with van der Waals surface area (Å²) in [5, 5.41) is 4.33. The SMILES string of the molecule is C[C@H](NCC(C)(C)C)c1ccccc1Cl. The third-order valence-corrected chi connectivity index (χ3v) is 2.65. The number of rotatable bonds is 3. The van der Waals surface area contributed by atoms with Crippen LogP contribution in [0.15, 0.2) is 24.3 Å². The van der Waals surface area contributed by atoms with E-state index in [9.17, 15) is 0 Å². The molecular formula is C13H20ClN. The zero-order valence-electron chi connectivity index (χ0n) is 9.97. The van der Waals surface area contributed by atoms with Crippen LogP contribution < -0.4 is 5.32 Å². The van der Waals surface area contributed by atoms with Gasteiger partial charge in [-0.25, -0.2) is 0 Å². The molecule has 0 heterocycles. The van der Waals surface area contributed by atoms with Gasteiger partial charge in [-0.3, -0.25) is 0 Å². The van der Waals surface area contributed by atoms with E-state index in [2.05, 4.69) is 39.1 Å². The summed E-state index contributed by atoms with van der Waals surface area (Å²) in [6.07, 6.45) is 0. The molecule has 0 aliphatic carbocycles. The molecule has 0 radical (unpaired) electrons. The minimum atomic E-state index is 0.301. The van der Waals surface area contributed by atoms with Crippen LogP contribution in [0.25, 0.3) is 0 Å². The van der Waals surface area contributed by atoms with Crippen molar-refractivity contribution in [1.82, 2.24) is 5.32 Å². The number of nitrogens with one attached hydrogen (secondary N) is 1. The zero-order chi connectivity index (χ0) is 11.5. The van der Waals surface area contributed by atoms with Gasteiger partial charge < -0.3 is 5.32 Å². The highest BCUT2D eigenvalue weighted by Crippen LogP contribution is 2.23. The Hall–Kier alpha value is -0.530. The molecule has 0 aromatic heterocycles. The van der Waals surface area contributed by atoms with Gasteiger partial charge in [0.1, 0.15) is 0 Å². The van der Waals surface area contributed by atoms with Crippen LogP contribution in [-0.2, 0) is 0 Å². The van der Waals surface area contributed by atoms with E-state index < -0.39 is 0 Å². The molecule has 1 rings (SSSR count). The Morgan fingerprint density at radius 3 is 2.40 bits per heavy atom. The summed E-state index contributed by atoms with van der Waals surface area (Å²) in [5.41, 5.74) is 1.47. The predicted molar refractivity (Wildman–Crippen MR) is 67.3 cm³/mol. The molecule has 0 spiro atoms. The normalized spacial score (nSPS) is 13.9. The summed E-state index contributed by atoms with van der Waals surface area (Å²) < 4.78 is 0. The Bertz CT molecular complexity index is 315. The van der Waals surface area contributed by atoms with Gasteiger partial charge >= 0.3 is 0 Å². The van der Waals surface area contributed by atoms with Gasteiger partial charge in [0, 0.05) is 17.6 Å². The van der Waals surface area contributed by atoms with E-state index in [1.165, 1.54) is 5.56 Å². The van der Waals surface area contributed by atoms with E-state index >= 15 is 0 Å². The number of hydrogen-bond donors (Lipinski definition) is 1. The molecule has 0 saturated carbocycles. The van der Waals surface area contributed by atoms with E-state index in [4.69, 9.17) is 11.6 Å². The molecule has 0 amide bonds. The van der Waals surface area contributed by atoms with Crippen molar-refractivity contribution in [3.63, 3.8) is 0 Å². The molecule has 1 nitrogen and oxygen atoms in total. The second-order valence-electron chi connectivity index (χ2n) is 5.18. The van der Waals surface area contributed by atoms with Crippen LogP contribution in [0.3, 0.4) is 0 Å². The Morgan fingerprint density at radius 1 is 1.27 bits per heavy atom. The average Bonchev–Trinajstić information content (AvgIpc) is 2.14. The van der Waals surface area contributed by atoms with Gasteiger partial charge in [-0.05, 0) is 24.0 Å². The Labute approximate surface area is 97.8 Å². The van der Waals surface area contributed by atoms with Crippen molar-refractivity contribution in [3.8, 4) is 0 Å². The van der Waals surface area contributed by atoms with E-state index in [0.29, 0.717) is 11.5 Å². The lowest BCUT2D eigenvalue weighted by atomic mass is 9.96. The van der Waals surface area contributed by atoms with Crippen molar-refractivity contribution < 1.29 is 0 Å². The quantitative estimate of drug-likeness (QED) is 0.819. The fraction of sp³-hybridized carbons (Fsp3) is 0.538. The van der Waals surface area contributed by atoms with Crippen molar-refractivity contribution in [2.75, 3.05) is 6.54 Å². The minimum absolute atomic E-state index is 0.301. The summed E-state index contributed by atoms with van der Waals surface area (Å²) in [6.45, 7) is 9.80. The van der Waals surface area contributed by atoms with E-state index in [0.717, 1.165) is 11.6 Å². The summed E-state index contributed by atoms with van der Waals surface area (Å²) in [6, 6.07) is 8.30. The molecule has 1 atom stereocenters. The zero-order valence-corrected chi connectivity index (χ0v) is 10.7. The van der Waals surface area contributed by atoms with Gasteiger partial charge in [-0.2, -0.15) is 0 Å². The van der Waals surface area contributed by atoms with Gasteiger partial charge in [0.05, 0.1) is 0 Å². The lowest BCUT2D eigenvalue weighted by molar-refractivity contribution is 0.359. The minimum Gasteiger partial charge on any atom is -0.310 e. The van der Waals surface area contributed by atoms with E-state index in [1.54, 1.807) is 0 Å². The smallest absolute Gasteiger partial charge is 0.0453 e. The second-order valence-corrected chi connectivity index (χ2v) is 5.59. The fourth-order valence-corrected chi connectivity index (χ4v) is 1.69. The summed E-state index contributed by atoms with van der Waals surface area (Å²) in [7, 11) is 0. The van der Waals surface area contributed by atoms with Gasteiger partial charge in [0.25, 0.3) is 0 Å². The van der Waals surface area contributed by atoms with Crippen LogP contribution in [-0.4, -0.2) is 6.54 Å². The highest BCUT2D eigenvalue weighted by atomic mass is 35.5. The van der Waals surface area contributed by atoms with Crippen LogP contribution >= 0.6 is 11.6 Å². The first kappa shape index (κ1) is 12.5. The highest BCUT2D eigenvalue weighted by Gasteiger charge is 2.13. The van der Waals surface area contributed by atoms with Crippen molar-refractivity contribution in [1.29, 1.82) is 0 Å². The first-order valence-electron chi connectivity index (χ1n) is 5.38. The first-order valence-corrected chi connectivity index (χ1v) is 5.76. The fourth-order valence-electron chi connectivity index (χ4n) is 1.40. The summed E-state index contributed by atoms with van der Waals surface area (Å²) in [5.74, 6) is 0. The highest BCUT2D eigenvalue weighted by molar-refractivity contribution is 6.31.